The second kappa shape index (κ2) is 7.80. The fourth-order valence-corrected chi connectivity index (χ4v) is 2.22. The van der Waals surface area contributed by atoms with E-state index < -0.39 is 0 Å². The van der Waals surface area contributed by atoms with Crippen LogP contribution >= 0.6 is 15.9 Å². The third-order valence-corrected chi connectivity index (χ3v) is 3.56. The van der Waals surface area contributed by atoms with Gasteiger partial charge in [-0.2, -0.15) is 0 Å². The molecule has 0 amide bonds. The molecular weight excluding hydrogens is 288 g/mol. The third kappa shape index (κ3) is 4.99. The van der Waals surface area contributed by atoms with Gasteiger partial charge in [-0.05, 0) is 36.6 Å². The lowest BCUT2D eigenvalue weighted by molar-refractivity contribution is 0.584. The molecule has 0 saturated heterocycles. The Morgan fingerprint density at radius 2 is 2.06 bits per heavy atom. The van der Waals surface area contributed by atoms with Crippen LogP contribution in [0, 0.1) is 5.92 Å². The summed E-state index contributed by atoms with van der Waals surface area (Å²) in [4.78, 5) is 2.36. The van der Waals surface area contributed by atoms with E-state index in [0.29, 0.717) is 0 Å². The van der Waals surface area contributed by atoms with Gasteiger partial charge in [-0.15, -0.1) is 0 Å². The average Bonchev–Trinajstić information content (AvgIpc) is 2.34. The van der Waals surface area contributed by atoms with Crippen molar-refractivity contribution >= 4 is 21.6 Å². The summed E-state index contributed by atoms with van der Waals surface area (Å²) in [5, 5.41) is 3.40. The van der Waals surface area contributed by atoms with Gasteiger partial charge in [-0.1, -0.05) is 42.8 Å². The van der Waals surface area contributed by atoms with E-state index in [1.54, 1.807) is 0 Å². The van der Waals surface area contributed by atoms with Crippen LogP contribution in [0.2, 0.25) is 0 Å². The third-order valence-electron chi connectivity index (χ3n) is 3.07. The first kappa shape index (κ1) is 15.5. The smallest absolute Gasteiger partial charge is 0.0420 e. The van der Waals surface area contributed by atoms with Crippen LogP contribution in [0.4, 0.5) is 5.69 Å². The van der Waals surface area contributed by atoms with Crippen molar-refractivity contribution in [1.29, 1.82) is 0 Å². The molecule has 2 nitrogen and oxygen atoms in total. The van der Waals surface area contributed by atoms with Crippen molar-refractivity contribution in [3.05, 3.63) is 28.2 Å². The first-order valence-corrected chi connectivity index (χ1v) is 7.54. The van der Waals surface area contributed by atoms with Gasteiger partial charge in [0.15, 0.2) is 0 Å². The molecular formula is C15H25BrN2. The summed E-state index contributed by atoms with van der Waals surface area (Å²) in [6.45, 7) is 9.73. The van der Waals surface area contributed by atoms with Gasteiger partial charge in [0.05, 0.1) is 0 Å². The molecule has 0 unspecified atom stereocenters. The zero-order valence-electron chi connectivity index (χ0n) is 12.0. The fraction of sp³-hybridized carbons (Fsp3) is 0.600. The number of anilines is 1. The monoisotopic (exact) mass is 312 g/mol. The van der Waals surface area contributed by atoms with Crippen molar-refractivity contribution in [1.82, 2.24) is 5.32 Å². The molecule has 102 valence electrons. The summed E-state index contributed by atoms with van der Waals surface area (Å²) >= 11 is 3.57. The fourth-order valence-electron chi connectivity index (χ4n) is 1.87. The Hall–Kier alpha value is -0.540. The van der Waals surface area contributed by atoms with Crippen LogP contribution in [-0.2, 0) is 6.54 Å². The Morgan fingerprint density at radius 1 is 1.33 bits per heavy atom. The predicted octanol–water partition coefficient (Wildman–Crippen LogP) is 4.04. The van der Waals surface area contributed by atoms with Crippen LogP contribution < -0.4 is 10.2 Å². The van der Waals surface area contributed by atoms with Crippen LogP contribution in [0.1, 0.15) is 32.8 Å². The van der Waals surface area contributed by atoms with Crippen LogP contribution in [0.3, 0.4) is 0 Å². The summed E-state index contributed by atoms with van der Waals surface area (Å²) < 4.78 is 1.15. The molecule has 0 spiro atoms. The number of hydrogen-bond donors (Lipinski definition) is 1. The van der Waals surface area contributed by atoms with Crippen molar-refractivity contribution in [2.45, 2.75) is 33.7 Å². The molecule has 1 rings (SSSR count). The normalized spacial score (nSPS) is 11.0. The number of benzene rings is 1. The van der Waals surface area contributed by atoms with Gasteiger partial charge < -0.3 is 10.2 Å². The molecule has 0 radical (unpaired) electrons. The Kier molecular flexibility index (Phi) is 6.72. The average molecular weight is 313 g/mol. The lowest BCUT2D eigenvalue weighted by Gasteiger charge is -2.24. The predicted molar refractivity (Wildman–Crippen MR) is 84.2 cm³/mol. The van der Waals surface area contributed by atoms with Crippen molar-refractivity contribution in [3.63, 3.8) is 0 Å². The lowest BCUT2D eigenvalue weighted by atomic mass is 10.1. The topological polar surface area (TPSA) is 15.3 Å². The van der Waals surface area contributed by atoms with E-state index in [1.165, 1.54) is 17.7 Å². The van der Waals surface area contributed by atoms with E-state index in [1.807, 2.05) is 0 Å². The van der Waals surface area contributed by atoms with Crippen molar-refractivity contribution in [2.75, 3.05) is 25.0 Å². The molecule has 0 aliphatic rings. The highest BCUT2D eigenvalue weighted by Crippen LogP contribution is 2.25. The summed E-state index contributed by atoms with van der Waals surface area (Å²) in [6, 6.07) is 6.54. The number of nitrogens with one attached hydrogen (secondary N) is 1. The molecule has 3 heteroatoms. The molecule has 0 saturated carbocycles. The molecule has 0 fully saturated rings. The van der Waals surface area contributed by atoms with Crippen LogP contribution in [-0.4, -0.2) is 20.1 Å². The first-order chi connectivity index (χ1) is 8.54. The summed E-state index contributed by atoms with van der Waals surface area (Å²) in [5.41, 5.74) is 2.69. The number of hydrogen-bond acceptors (Lipinski definition) is 2. The van der Waals surface area contributed by atoms with Crippen molar-refractivity contribution in [3.8, 4) is 0 Å². The molecule has 0 heterocycles. The number of halogens is 1. The van der Waals surface area contributed by atoms with Gasteiger partial charge in [-0.3, -0.25) is 0 Å². The van der Waals surface area contributed by atoms with Gasteiger partial charge >= 0.3 is 0 Å². The largest absolute Gasteiger partial charge is 0.374 e. The second-order valence-electron chi connectivity index (χ2n) is 5.16. The van der Waals surface area contributed by atoms with Crippen LogP contribution in [0.15, 0.2) is 22.7 Å². The minimum Gasteiger partial charge on any atom is -0.374 e. The standard InChI is InChI=1S/C15H25BrN2/c1-5-17-11-13-6-7-14(16)10-15(13)18(4)9-8-12(2)3/h6-7,10,12,17H,5,8-9,11H2,1-4H3. The SMILES string of the molecule is CCNCc1ccc(Br)cc1N(C)CCC(C)C. The van der Waals surface area contributed by atoms with Gasteiger partial charge in [0.2, 0.25) is 0 Å². The highest BCUT2D eigenvalue weighted by molar-refractivity contribution is 9.10. The molecule has 18 heavy (non-hydrogen) atoms. The van der Waals surface area contributed by atoms with E-state index in [9.17, 15) is 0 Å². The van der Waals surface area contributed by atoms with Crippen LogP contribution in [0.5, 0.6) is 0 Å². The van der Waals surface area contributed by atoms with E-state index in [4.69, 9.17) is 0 Å². The Balaban J connectivity index is 2.79. The quantitative estimate of drug-likeness (QED) is 0.817. The molecule has 1 N–H and O–H groups in total. The second-order valence-corrected chi connectivity index (χ2v) is 6.07. The summed E-state index contributed by atoms with van der Waals surface area (Å²) in [7, 11) is 2.18. The van der Waals surface area contributed by atoms with E-state index >= 15 is 0 Å². The molecule has 0 aliphatic carbocycles. The van der Waals surface area contributed by atoms with E-state index in [-0.39, 0.29) is 0 Å². The van der Waals surface area contributed by atoms with Crippen molar-refractivity contribution < 1.29 is 0 Å². The molecule has 1 aromatic rings. The Labute approximate surface area is 120 Å². The summed E-state index contributed by atoms with van der Waals surface area (Å²) in [5.74, 6) is 0.747. The molecule has 0 bridgehead atoms. The maximum Gasteiger partial charge on any atom is 0.0420 e. The van der Waals surface area contributed by atoms with Gasteiger partial charge in [0.25, 0.3) is 0 Å². The van der Waals surface area contributed by atoms with Crippen LogP contribution in [0.25, 0.3) is 0 Å². The van der Waals surface area contributed by atoms with Gasteiger partial charge in [-0.25, -0.2) is 0 Å². The molecule has 0 atom stereocenters. The van der Waals surface area contributed by atoms with E-state index in [0.717, 1.165) is 30.0 Å². The maximum absolute atomic E-state index is 3.57. The maximum atomic E-state index is 3.57. The summed E-state index contributed by atoms with van der Waals surface area (Å²) in [6.07, 6.45) is 1.23. The minimum atomic E-state index is 0.747. The van der Waals surface area contributed by atoms with E-state index in [2.05, 4.69) is 72.2 Å². The molecule has 1 aromatic carbocycles. The zero-order valence-corrected chi connectivity index (χ0v) is 13.5. The Morgan fingerprint density at radius 3 is 2.67 bits per heavy atom. The zero-order chi connectivity index (χ0) is 13.5. The Bertz CT molecular complexity index is 364. The highest BCUT2D eigenvalue weighted by Gasteiger charge is 2.08. The number of nitrogens with zero attached hydrogens (tertiary/aromatic N) is 1. The molecule has 0 aliphatic heterocycles. The first-order valence-electron chi connectivity index (χ1n) is 6.74. The van der Waals surface area contributed by atoms with Gasteiger partial charge in [0.1, 0.15) is 0 Å². The minimum absolute atomic E-state index is 0.747. The lowest BCUT2D eigenvalue weighted by Crippen LogP contribution is -2.23. The highest BCUT2D eigenvalue weighted by atomic mass is 79.9. The van der Waals surface area contributed by atoms with Crippen molar-refractivity contribution in [2.24, 2.45) is 5.92 Å². The molecule has 0 aromatic heterocycles. The van der Waals surface area contributed by atoms with Gasteiger partial charge in [0, 0.05) is 30.3 Å². The number of rotatable bonds is 7.